The number of carboxylic acids is 1. The van der Waals surface area contributed by atoms with Gasteiger partial charge in [-0.1, -0.05) is 30.3 Å². The SMILES string of the molecule is Cc1cc(S(=O)(=O)[O-])c2ccc(Nc3nc(Nc4ccc(C(=O)[O-])cc4)nc(Nc4ccc5c(S(=O)(=O)[O-])cc(SOO[O-])cc5c4)n3)cc2c1.[Na+].[Na+].[Na+].[Na+]. The Morgan fingerprint density at radius 1 is 0.636 bits per heavy atom. The third-order valence-electron chi connectivity index (χ3n) is 7.17. The first-order valence-electron chi connectivity index (χ1n) is 14.2. The van der Waals surface area contributed by atoms with Gasteiger partial charge in [-0.15, -0.1) is 0 Å². The maximum Gasteiger partial charge on any atom is 1.00 e. The molecule has 0 spiro atoms. The van der Waals surface area contributed by atoms with Crippen molar-refractivity contribution in [2.45, 2.75) is 21.6 Å². The van der Waals surface area contributed by atoms with E-state index in [0.717, 1.165) is 6.07 Å². The molecule has 0 unspecified atom stereocenters. The van der Waals surface area contributed by atoms with Crippen molar-refractivity contribution in [3.05, 3.63) is 96.1 Å². The fourth-order valence-corrected chi connectivity index (χ4v) is 7.11. The predicted octanol–water partition coefficient (Wildman–Crippen LogP) is -8.86. The summed E-state index contributed by atoms with van der Waals surface area (Å²) < 4.78 is 75.9. The second-order valence-electron chi connectivity index (χ2n) is 10.7. The van der Waals surface area contributed by atoms with E-state index in [1.165, 1.54) is 66.7 Å². The number of hydrogen-bond donors (Lipinski definition) is 3. The van der Waals surface area contributed by atoms with Crippen molar-refractivity contribution in [1.29, 1.82) is 0 Å². The van der Waals surface area contributed by atoms with Crippen LogP contribution in [0.3, 0.4) is 0 Å². The Balaban J connectivity index is 0.00000261. The first kappa shape index (κ1) is 49.7. The molecule has 0 radical (unpaired) electrons. The molecule has 0 aliphatic heterocycles. The standard InChI is InChI=1S/C31H24N6O11S3.4Na/c1-16-10-18-12-21(6-8-24(18)26(11-16)50(41,42)43)33-30-35-29(32-20-4-2-17(3-5-20)28(38)39)36-31(37-30)34-22-7-9-25-19(13-22)14-23(49-48-47-40)15-27(25)51(44,45)46;;;;/h2-15,40H,1H3,(H,38,39)(H,41,42,43)(H,44,45,46)(H3,32,33,34,35,36,37);;;;/q;4*+1/p-4. The molecule has 1 heterocycles. The molecule has 0 bridgehead atoms. The molecule has 6 rings (SSSR count). The molecule has 0 aliphatic carbocycles. The molecule has 6 aromatic rings. The number of anilines is 6. The van der Waals surface area contributed by atoms with Crippen LogP contribution in [0.25, 0.3) is 21.5 Å². The average Bonchev–Trinajstić information content (AvgIpc) is 3.05. The Morgan fingerprint density at radius 3 is 1.53 bits per heavy atom. The summed E-state index contributed by atoms with van der Waals surface area (Å²) in [6.45, 7) is 1.65. The van der Waals surface area contributed by atoms with Gasteiger partial charge in [0.15, 0.2) is 0 Å². The second kappa shape index (κ2) is 21.0. The quantitative estimate of drug-likeness (QED) is 0.0339. The number of aromatic nitrogens is 3. The van der Waals surface area contributed by atoms with Gasteiger partial charge in [0, 0.05) is 22.0 Å². The van der Waals surface area contributed by atoms with Crippen LogP contribution in [0.4, 0.5) is 34.9 Å². The van der Waals surface area contributed by atoms with E-state index < -0.39 is 31.1 Å². The van der Waals surface area contributed by atoms with Crippen LogP contribution in [0.1, 0.15) is 15.9 Å². The summed E-state index contributed by atoms with van der Waals surface area (Å²) in [6.07, 6.45) is 0. The van der Waals surface area contributed by atoms with Crippen molar-refractivity contribution in [2.24, 2.45) is 0 Å². The minimum absolute atomic E-state index is 0. The topological polar surface area (TPSA) is 271 Å². The molecule has 0 saturated carbocycles. The minimum atomic E-state index is -4.94. The van der Waals surface area contributed by atoms with Gasteiger partial charge in [0.1, 0.15) is 20.2 Å². The Kier molecular flexibility index (Phi) is 19.0. The first-order chi connectivity index (χ1) is 24.2. The molecule has 0 amide bonds. The van der Waals surface area contributed by atoms with Crippen molar-refractivity contribution in [3.8, 4) is 0 Å². The summed E-state index contributed by atoms with van der Waals surface area (Å²) in [7, 11) is -9.70. The Labute approximate surface area is 406 Å². The molecule has 55 heavy (non-hydrogen) atoms. The van der Waals surface area contributed by atoms with Gasteiger partial charge in [-0.2, -0.15) is 19.3 Å². The molecule has 0 fully saturated rings. The van der Waals surface area contributed by atoms with E-state index in [1.54, 1.807) is 19.1 Å². The van der Waals surface area contributed by atoms with E-state index in [2.05, 4.69) is 40.3 Å². The summed E-state index contributed by atoms with van der Waals surface area (Å²) in [5.41, 5.74) is 1.63. The zero-order valence-corrected chi connectivity index (χ0v) is 40.1. The molecule has 1 aromatic heterocycles. The number of hydrogen-bond acceptors (Lipinski definition) is 18. The van der Waals surface area contributed by atoms with Crippen molar-refractivity contribution in [3.63, 3.8) is 0 Å². The van der Waals surface area contributed by atoms with E-state index in [4.69, 9.17) is 0 Å². The number of carbonyl (C=O) groups is 1. The Hall–Kier alpha value is -1.45. The van der Waals surface area contributed by atoms with Gasteiger partial charge >= 0.3 is 118 Å². The summed E-state index contributed by atoms with van der Waals surface area (Å²) in [4.78, 5) is 23.5. The summed E-state index contributed by atoms with van der Waals surface area (Å²) in [6, 6.07) is 20.0. The van der Waals surface area contributed by atoms with Gasteiger partial charge in [-0.3, -0.25) is 5.04 Å². The number of carboxylic acid groups (broad SMARTS) is 1. The molecule has 0 aliphatic rings. The van der Waals surface area contributed by atoms with Gasteiger partial charge in [-0.05, 0) is 94.2 Å². The minimum Gasteiger partial charge on any atom is -0.744 e. The van der Waals surface area contributed by atoms with Crippen molar-refractivity contribution in [1.82, 2.24) is 15.0 Å². The third-order valence-corrected chi connectivity index (χ3v) is 9.47. The van der Waals surface area contributed by atoms with E-state index >= 15 is 0 Å². The van der Waals surface area contributed by atoms with E-state index in [-0.39, 0.29) is 168 Å². The molecular weight excluding hydrogens is 821 g/mol. The largest absolute Gasteiger partial charge is 1.00 e. The predicted molar refractivity (Wildman–Crippen MR) is 177 cm³/mol. The molecule has 24 heteroatoms. The number of rotatable bonds is 12. The van der Waals surface area contributed by atoms with Gasteiger partial charge in [0.25, 0.3) is 0 Å². The zero-order valence-electron chi connectivity index (χ0n) is 29.6. The zero-order chi connectivity index (χ0) is 36.5. The summed E-state index contributed by atoms with van der Waals surface area (Å²) in [5, 5.41) is 34.8. The van der Waals surface area contributed by atoms with Gasteiger partial charge in [0.2, 0.25) is 17.8 Å². The van der Waals surface area contributed by atoms with Gasteiger partial charge in [-0.25, -0.2) is 16.8 Å². The molecule has 0 saturated heterocycles. The fraction of sp³-hybridized carbons (Fsp3) is 0.0323. The first-order valence-corrected chi connectivity index (χ1v) is 17.8. The van der Waals surface area contributed by atoms with E-state index in [1.807, 2.05) is 0 Å². The van der Waals surface area contributed by atoms with E-state index in [0.29, 0.717) is 40.1 Å². The monoisotopic (exact) mass is 840 g/mol. The van der Waals surface area contributed by atoms with Crippen molar-refractivity contribution in [2.75, 3.05) is 16.0 Å². The number of benzene rings is 5. The number of nitrogens with zero attached hydrogens (tertiary/aromatic N) is 3. The Morgan fingerprint density at radius 2 is 1.07 bits per heavy atom. The molecule has 0 atom stereocenters. The summed E-state index contributed by atoms with van der Waals surface area (Å²) >= 11 is 0.397. The molecule has 5 aromatic carbocycles. The summed E-state index contributed by atoms with van der Waals surface area (Å²) in [5.74, 6) is -1.43. The van der Waals surface area contributed by atoms with Crippen LogP contribution in [0, 0.1) is 6.92 Å². The smallest absolute Gasteiger partial charge is 0.744 e. The number of fused-ring (bicyclic) bond motifs is 2. The molecule has 17 nitrogen and oxygen atoms in total. The third kappa shape index (κ3) is 12.8. The van der Waals surface area contributed by atoms with Crippen LogP contribution < -0.4 is 145 Å². The number of aryl methyl sites for hydroxylation is 1. The number of aromatic carboxylic acids is 1. The van der Waals surface area contributed by atoms with Gasteiger partial charge < -0.3 is 40.2 Å². The average molecular weight is 841 g/mol. The molecule has 262 valence electrons. The van der Waals surface area contributed by atoms with Crippen LogP contribution in [-0.4, -0.2) is 46.9 Å². The van der Waals surface area contributed by atoms with Crippen LogP contribution in [0.2, 0.25) is 0 Å². The molecule has 3 N–H and O–H groups in total. The van der Waals surface area contributed by atoms with Crippen molar-refractivity contribution < 1.29 is 169 Å². The number of carbonyl (C=O) groups excluding carboxylic acids is 1. The maximum atomic E-state index is 12.0. The van der Waals surface area contributed by atoms with E-state index in [9.17, 15) is 41.1 Å². The second-order valence-corrected chi connectivity index (χ2v) is 14.2. The normalized spacial score (nSPS) is 11.0. The van der Waals surface area contributed by atoms with Crippen LogP contribution in [-0.2, 0) is 29.6 Å². The number of nitrogens with one attached hydrogen (secondary N) is 3. The Bertz CT molecular complexity index is 2580. The maximum absolute atomic E-state index is 12.0. The van der Waals surface area contributed by atoms with Crippen LogP contribution in [0.15, 0.2) is 99.6 Å². The molecular formula is C31H20N6Na4O11S3. The van der Waals surface area contributed by atoms with Crippen LogP contribution >= 0.6 is 12.0 Å². The van der Waals surface area contributed by atoms with Gasteiger partial charge in [0.05, 0.1) is 27.8 Å². The van der Waals surface area contributed by atoms with Crippen molar-refractivity contribution >= 4 is 94.7 Å². The fourth-order valence-electron chi connectivity index (χ4n) is 5.08. The van der Waals surface area contributed by atoms with Crippen LogP contribution in [0.5, 0.6) is 0 Å².